The Morgan fingerprint density at radius 1 is 1.43 bits per heavy atom. The van der Waals surface area contributed by atoms with Gasteiger partial charge in [-0.25, -0.2) is 0 Å². The predicted octanol–water partition coefficient (Wildman–Crippen LogP) is 3.61. The van der Waals surface area contributed by atoms with Gasteiger partial charge in [0.1, 0.15) is 0 Å². The maximum absolute atomic E-state index is 5.81. The van der Waals surface area contributed by atoms with Gasteiger partial charge in [0.2, 0.25) is 0 Å². The lowest BCUT2D eigenvalue weighted by Crippen LogP contribution is -2.36. The van der Waals surface area contributed by atoms with Gasteiger partial charge in [-0.1, -0.05) is 24.4 Å². The first-order valence-corrected chi connectivity index (χ1v) is 6.31. The highest BCUT2D eigenvalue weighted by atomic mass is 35.5. The summed E-state index contributed by atoms with van der Waals surface area (Å²) in [6, 6.07) is 0.736. The van der Waals surface area contributed by atoms with Gasteiger partial charge in [0.05, 0.1) is 0 Å². The largest absolute Gasteiger partial charge is 0.295 e. The van der Waals surface area contributed by atoms with E-state index in [0.29, 0.717) is 5.88 Å². The summed E-state index contributed by atoms with van der Waals surface area (Å²) in [6.45, 7) is 4.03. The van der Waals surface area contributed by atoms with Gasteiger partial charge in [0.25, 0.3) is 0 Å². The smallest absolute Gasteiger partial charge is 0.0351 e. The van der Waals surface area contributed by atoms with E-state index in [9.17, 15) is 0 Å². The molecular weight excluding hydrogens is 217 g/mol. The summed E-state index contributed by atoms with van der Waals surface area (Å²) >= 11 is 11.5. The van der Waals surface area contributed by atoms with Gasteiger partial charge in [-0.2, -0.15) is 0 Å². The van der Waals surface area contributed by atoms with Crippen molar-refractivity contribution in [1.29, 1.82) is 0 Å². The summed E-state index contributed by atoms with van der Waals surface area (Å²) in [5.74, 6) is 0.714. The highest BCUT2D eigenvalue weighted by Gasteiger charge is 2.21. The molecule has 0 aromatic carbocycles. The minimum Gasteiger partial charge on any atom is -0.295 e. The van der Waals surface area contributed by atoms with Crippen LogP contribution in [0.4, 0.5) is 0 Å². The van der Waals surface area contributed by atoms with Crippen LogP contribution in [0, 0.1) is 0 Å². The molecule has 0 aromatic heterocycles. The van der Waals surface area contributed by atoms with E-state index in [1.54, 1.807) is 5.54 Å². The number of alkyl halides is 1. The van der Waals surface area contributed by atoms with E-state index in [1.165, 1.54) is 31.3 Å². The van der Waals surface area contributed by atoms with E-state index in [-0.39, 0.29) is 0 Å². The van der Waals surface area contributed by atoms with E-state index in [2.05, 4.69) is 11.8 Å². The lowest BCUT2D eigenvalue weighted by molar-refractivity contribution is 0.228. The van der Waals surface area contributed by atoms with Crippen molar-refractivity contribution < 1.29 is 0 Å². The minimum absolute atomic E-state index is 0.714. The van der Waals surface area contributed by atoms with Crippen LogP contribution in [0.5, 0.6) is 0 Å². The summed E-state index contributed by atoms with van der Waals surface area (Å²) in [6.07, 6.45) is 5.39. The van der Waals surface area contributed by atoms with Crippen molar-refractivity contribution in [2.45, 2.75) is 38.6 Å². The van der Waals surface area contributed by atoms with Gasteiger partial charge in [-0.05, 0) is 25.3 Å². The third kappa shape index (κ3) is 3.80. The monoisotopic (exact) mass is 235 g/mol. The fourth-order valence-electron chi connectivity index (χ4n) is 2.12. The molecule has 1 nitrogen and oxygen atoms in total. The van der Waals surface area contributed by atoms with Crippen molar-refractivity contribution in [1.82, 2.24) is 4.90 Å². The second-order valence-corrected chi connectivity index (χ2v) is 4.65. The third-order valence-electron chi connectivity index (χ3n) is 2.85. The van der Waals surface area contributed by atoms with E-state index in [1.807, 2.05) is 0 Å². The number of hydrogen-bond donors (Lipinski definition) is 0. The van der Waals surface area contributed by atoms with Crippen LogP contribution in [0.3, 0.4) is 0 Å². The molecule has 3 heteroatoms. The van der Waals surface area contributed by atoms with Crippen LogP contribution in [0.25, 0.3) is 0 Å². The first kappa shape index (κ1) is 12.4. The molecule has 0 saturated heterocycles. The molecule has 1 fully saturated rings. The van der Waals surface area contributed by atoms with Gasteiger partial charge in [0.15, 0.2) is 0 Å². The summed E-state index contributed by atoms with van der Waals surface area (Å²) in [4.78, 5) is 2.47. The van der Waals surface area contributed by atoms with Crippen molar-refractivity contribution in [3.8, 4) is 0 Å². The number of hydrogen-bond acceptors (Lipinski definition) is 1. The molecule has 14 heavy (non-hydrogen) atoms. The zero-order valence-electron chi connectivity index (χ0n) is 8.81. The first-order chi connectivity index (χ1) is 6.77. The first-order valence-electron chi connectivity index (χ1n) is 5.33. The number of rotatable bonds is 5. The van der Waals surface area contributed by atoms with Gasteiger partial charge in [-0.3, -0.25) is 4.90 Å². The molecule has 0 bridgehead atoms. The molecule has 1 saturated carbocycles. The summed E-state index contributed by atoms with van der Waals surface area (Å²) in [5, 5.41) is 0. The molecule has 0 atom stereocenters. The molecular formula is C11H19Cl2N. The Balaban J connectivity index is 2.44. The molecule has 1 rings (SSSR count). The van der Waals surface area contributed by atoms with E-state index in [4.69, 9.17) is 23.2 Å². The molecule has 0 heterocycles. The second kappa shape index (κ2) is 6.71. The van der Waals surface area contributed by atoms with Crippen LogP contribution < -0.4 is 0 Å². The molecule has 0 radical (unpaired) electrons. The maximum Gasteiger partial charge on any atom is 0.0351 e. The van der Waals surface area contributed by atoms with E-state index >= 15 is 0 Å². The molecule has 0 aliphatic heterocycles. The number of nitrogens with zero attached hydrogens (tertiary/aromatic N) is 1. The molecule has 1 aliphatic rings. The second-order valence-electron chi connectivity index (χ2n) is 4.05. The van der Waals surface area contributed by atoms with Crippen LogP contribution in [0.2, 0.25) is 0 Å². The normalized spacial score (nSPS) is 19.6. The van der Waals surface area contributed by atoms with Crippen LogP contribution in [-0.4, -0.2) is 29.9 Å². The van der Waals surface area contributed by atoms with Crippen LogP contribution in [0.15, 0.2) is 11.1 Å². The van der Waals surface area contributed by atoms with E-state index in [0.717, 1.165) is 19.1 Å². The minimum atomic E-state index is 0.714. The molecule has 0 N–H and O–H groups in total. The highest BCUT2D eigenvalue weighted by molar-refractivity contribution is 6.25. The topological polar surface area (TPSA) is 3.24 Å². The SMILES string of the molecule is CC(=CCl)CN(CCCl)C1CCCC1. The van der Waals surface area contributed by atoms with Crippen LogP contribution in [0.1, 0.15) is 32.6 Å². The van der Waals surface area contributed by atoms with Gasteiger partial charge in [0, 0.05) is 30.5 Å². The van der Waals surface area contributed by atoms with Crippen molar-refractivity contribution in [3.05, 3.63) is 11.1 Å². The van der Waals surface area contributed by atoms with Gasteiger partial charge >= 0.3 is 0 Å². The molecule has 0 spiro atoms. The fourth-order valence-corrected chi connectivity index (χ4v) is 2.41. The fraction of sp³-hybridized carbons (Fsp3) is 0.818. The molecule has 1 aliphatic carbocycles. The molecule has 0 aromatic rings. The highest BCUT2D eigenvalue weighted by Crippen LogP contribution is 2.24. The molecule has 0 amide bonds. The maximum atomic E-state index is 5.81. The average molecular weight is 236 g/mol. The van der Waals surface area contributed by atoms with Crippen molar-refractivity contribution in [2.24, 2.45) is 0 Å². The Kier molecular flexibility index (Phi) is 5.92. The zero-order valence-corrected chi connectivity index (χ0v) is 10.3. The Morgan fingerprint density at radius 2 is 2.07 bits per heavy atom. The predicted molar refractivity (Wildman–Crippen MR) is 64.2 cm³/mol. The lowest BCUT2D eigenvalue weighted by atomic mass is 10.2. The quantitative estimate of drug-likeness (QED) is 0.659. The van der Waals surface area contributed by atoms with Crippen molar-refractivity contribution >= 4 is 23.2 Å². The van der Waals surface area contributed by atoms with Crippen LogP contribution >= 0.6 is 23.2 Å². The third-order valence-corrected chi connectivity index (χ3v) is 3.39. The van der Waals surface area contributed by atoms with E-state index < -0.39 is 0 Å². The van der Waals surface area contributed by atoms with Crippen molar-refractivity contribution in [3.63, 3.8) is 0 Å². The lowest BCUT2D eigenvalue weighted by Gasteiger charge is -2.28. The summed E-state index contributed by atoms with van der Waals surface area (Å²) in [5.41, 5.74) is 2.90. The Labute approximate surface area is 97.1 Å². The van der Waals surface area contributed by atoms with Gasteiger partial charge in [-0.15, -0.1) is 11.6 Å². The van der Waals surface area contributed by atoms with Crippen molar-refractivity contribution in [2.75, 3.05) is 19.0 Å². The number of halogens is 2. The summed E-state index contributed by atoms with van der Waals surface area (Å²) < 4.78 is 0. The van der Waals surface area contributed by atoms with Gasteiger partial charge < -0.3 is 0 Å². The zero-order chi connectivity index (χ0) is 10.4. The molecule has 82 valence electrons. The molecule has 0 unspecified atom stereocenters. The Bertz CT molecular complexity index is 186. The average Bonchev–Trinajstić information content (AvgIpc) is 2.69. The Hall–Kier alpha value is 0.280. The summed E-state index contributed by atoms with van der Waals surface area (Å²) in [7, 11) is 0. The standard InChI is InChI=1S/C11H19Cl2N/c1-10(8-13)9-14(7-6-12)11-4-2-3-5-11/h8,11H,2-7,9H2,1H3. The van der Waals surface area contributed by atoms with Crippen LogP contribution in [-0.2, 0) is 0 Å². The Morgan fingerprint density at radius 3 is 2.57 bits per heavy atom.